The minimum absolute atomic E-state index is 0.0462. The van der Waals surface area contributed by atoms with Gasteiger partial charge in [0.25, 0.3) is 5.82 Å². The van der Waals surface area contributed by atoms with Crippen LogP contribution in [0.2, 0.25) is 0 Å². The number of nitrogen functional groups attached to an aromatic ring is 1. The third-order valence-corrected chi connectivity index (χ3v) is 5.29. The number of nitrogens with two attached hydrogens (primary N) is 1. The van der Waals surface area contributed by atoms with E-state index in [4.69, 9.17) is 10.3 Å². The maximum absolute atomic E-state index is 13.4. The third kappa shape index (κ3) is 3.68. The molecule has 2 heterocycles. The lowest BCUT2D eigenvalue weighted by atomic mass is 9.66. The number of hydrogen-bond donors (Lipinski definition) is 3. The first kappa shape index (κ1) is 19.7. The van der Waals surface area contributed by atoms with Crippen LogP contribution in [0, 0.1) is 0 Å². The Morgan fingerprint density at radius 2 is 1.80 bits per heavy atom. The first-order chi connectivity index (χ1) is 14.3. The Bertz CT molecular complexity index is 1040. The Hall–Kier alpha value is -3.56. The van der Waals surface area contributed by atoms with E-state index < -0.39 is 17.6 Å². The summed E-state index contributed by atoms with van der Waals surface area (Å²) in [6.07, 6.45) is -2.28. The molecule has 1 aliphatic rings. The quantitative estimate of drug-likeness (QED) is 0.585. The molecule has 30 heavy (non-hydrogen) atoms. The van der Waals surface area contributed by atoms with Crippen LogP contribution in [0.5, 0.6) is 0 Å². The van der Waals surface area contributed by atoms with E-state index in [0.29, 0.717) is 17.9 Å². The van der Waals surface area contributed by atoms with E-state index in [0.717, 1.165) is 17.2 Å². The van der Waals surface area contributed by atoms with Crippen LogP contribution in [-0.4, -0.2) is 17.4 Å². The van der Waals surface area contributed by atoms with Crippen molar-refractivity contribution in [1.29, 1.82) is 0 Å². The number of anilines is 3. The van der Waals surface area contributed by atoms with Gasteiger partial charge in [0.15, 0.2) is 11.6 Å². The van der Waals surface area contributed by atoms with Gasteiger partial charge in [0.2, 0.25) is 0 Å². The molecule has 1 aliphatic carbocycles. The number of pyridine rings is 1. The standard InChI is InChI=1S/C20H18F3N5O2/c21-20(22,23)19(8-1-9-19)15-10-17(28-30-15)27-18(29)26-14-5-2-12(3-6-14)13-4-7-16(24)25-11-13/h2-7,10-11H,1,8-9H2,(H2,24,25)(H2,26,27,28,29)/p+1. The van der Waals surface area contributed by atoms with Crippen molar-refractivity contribution in [2.24, 2.45) is 0 Å². The molecule has 0 radical (unpaired) electrons. The van der Waals surface area contributed by atoms with Crippen molar-refractivity contribution in [2.45, 2.75) is 30.9 Å². The van der Waals surface area contributed by atoms with Gasteiger partial charge in [-0.15, -0.1) is 0 Å². The molecule has 1 aromatic carbocycles. The van der Waals surface area contributed by atoms with Gasteiger partial charge in [0, 0.05) is 23.4 Å². The Labute approximate surface area is 169 Å². The zero-order chi connectivity index (χ0) is 21.4. The summed E-state index contributed by atoms with van der Waals surface area (Å²) in [5.41, 5.74) is 5.96. The molecule has 0 atom stereocenters. The zero-order valence-corrected chi connectivity index (χ0v) is 15.7. The van der Waals surface area contributed by atoms with Crippen molar-refractivity contribution in [3.63, 3.8) is 0 Å². The summed E-state index contributed by atoms with van der Waals surface area (Å²) in [5, 5.41) is 8.56. The average Bonchev–Trinajstić information content (AvgIpc) is 3.09. The predicted molar refractivity (Wildman–Crippen MR) is 104 cm³/mol. The SMILES string of the molecule is Nc1ccc(-c2ccc(NC(=O)Nc3cc(C4(C(F)(F)F)CCC4)on3)cc2)c[nH+]1. The number of urea groups is 1. The van der Waals surface area contributed by atoms with Gasteiger partial charge in [0.1, 0.15) is 5.41 Å². The number of benzene rings is 1. The highest BCUT2D eigenvalue weighted by molar-refractivity contribution is 5.99. The molecule has 2 amide bonds. The fourth-order valence-electron chi connectivity index (χ4n) is 3.40. The summed E-state index contributed by atoms with van der Waals surface area (Å²) < 4.78 is 45.0. The van der Waals surface area contributed by atoms with E-state index in [-0.39, 0.29) is 24.4 Å². The molecule has 2 aromatic heterocycles. The van der Waals surface area contributed by atoms with Crippen molar-refractivity contribution >= 4 is 23.4 Å². The Kier molecular flexibility index (Phi) is 4.84. The summed E-state index contributed by atoms with van der Waals surface area (Å²) in [4.78, 5) is 15.1. The number of rotatable bonds is 4. The van der Waals surface area contributed by atoms with Crippen molar-refractivity contribution in [1.82, 2.24) is 5.16 Å². The van der Waals surface area contributed by atoms with Gasteiger partial charge >= 0.3 is 12.2 Å². The first-order valence-corrected chi connectivity index (χ1v) is 9.26. The van der Waals surface area contributed by atoms with E-state index in [1.165, 1.54) is 0 Å². The van der Waals surface area contributed by atoms with Crippen LogP contribution in [0.15, 0.2) is 53.2 Å². The molecule has 7 nitrogen and oxygen atoms in total. The maximum Gasteiger partial charge on any atom is 0.401 e. The summed E-state index contributed by atoms with van der Waals surface area (Å²) >= 11 is 0. The summed E-state index contributed by atoms with van der Waals surface area (Å²) in [7, 11) is 0. The molecule has 0 unspecified atom stereocenters. The van der Waals surface area contributed by atoms with Gasteiger partial charge in [-0.25, -0.2) is 9.78 Å². The van der Waals surface area contributed by atoms with Crippen molar-refractivity contribution in [2.75, 3.05) is 16.4 Å². The topological polar surface area (TPSA) is 107 Å². The Morgan fingerprint density at radius 3 is 2.37 bits per heavy atom. The van der Waals surface area contributed by atoms with Gasteiger partial charge in [-0.3, -0.25) is 11.1 Å². The van der Waals surface area contributed by atoms with Crippen molar-refractivity contribution < 1.29 is 27.5 Å². The van der Waals surface area contributed by atoms with Crippen molar-refractivity contribution in [3.8, 4) is 11.1 Å². The Balaban J connectivity index is 1.39. The van der Waals surface area contributed by atoms with Crippen LogP contribution in [0.4, 0.5) is 35.3 Å². The van der Waals surface area contributed by atoms with Crippen LogP contribution >= 0.6 is 0 Å². The third-order valence-electron chi connectivity index (χ3n) is 5.29. The van der Waals surface area contributed by atoms with Gasteiger partial charge in [-0.2, -0.15) is 13.2 Å². The molecule has 5 N–H and O–H groups in total. The minimum Gasteiger partial charge on any atom is -0.358 e. The van der Waals surface area contributed by atoms with Gasteiger partial charge in [-0.05, 0) is 36.6 Å². The summed E-state index contributed by atoms with van der Waals surface area (Å²) in [5.74, 6) is 0.191. The second kappa shape index (κ2) is 7.36. The highest BCUT2D eigenvalue weighted by Gasteiger charge is 2.61. The molecule has 0 spiro atoms. The second-order valence-corrected chi connectivity index (χ2v) is 7.20. The number of amides is 2. The number of H-pyrrole nitrogens is 1. The number of alkyl halides is 3. The lowest BCUT2D eigenvalue weighted by Crippen LogP contribution is -2.47. The van der Waals surface area contributed by atoms with Gasteiger partial charge in [-0.1, -0.05) is 23.7 Å². The number of carbonyl (C=O) groups excluding carboxylic acids is 1. The molecule has 4 rings (SSSR count). The molecule has 3 aromatic rings. The highest BCUT2D eigenvalue weighted by atomic mass is 19.4. The van der Waals surface area contributed by atoms with Crippen LogP contribution < -0.4 is 21.4 Å². The maximum atomic E-state index is 13.4. The van der Waals surface area contributed by atoms with E-state index >= 15 is 0 Å². The molecule has 1 saturated carbocycles. The number of nitrogens with zero attached hydrogens (tertiary/aromatic N) is 1. The first-order valence-electron chi connectivity index (χ1n) is 9.26. The zero-order valence-electron chi connectivity index (χ0n) is 15.7. The number of nitrogens with one attached hydrogen (secondary N) is 3. The monoisotopic (exact) mass is 418 g/mol. The molecular weight excluding hydrogens is 399 g/mol. The summed E-state index contributed by atoms with van der Waals surface area (Å²) in [6.45, 7) is 0. The molecule has 10 heteroatoms. The van der Waals surface area contributed by atoms with Crippen LogP contribution in [-0.2, 0) is 5.41 Å². The van der Waals surface area contributed by atoms with Gasteiger partial charge in [0.05, 0.1) is 6.20 Å². The van der Waals surface area contributed by atoms with Crippen LogP contribution in [0.25, 0.3) is 11.1 Å². The van der Waals surface area contributed by atoms with E-state index in [1.807, 2.05) is 18.2 Å². The summed E-state index contributed by atoms with van der Waals surface area (Å²) in [6, 6.07) is 11.1. The molecule has 0 saturated heterocycles. The number of halogens is 3. The van der Waals surface area contributed by atoms with Crippen molar-refractivity contribution in [3.05, 3.63) is 54.4 Å². The molecule has 0 bridgehead atoms. The predicted octanol–water partition coefficient (Wildman–Crippen LogP) is 4.37. The number of carbonyl (C=O) groups is 1. The lowest BCUT2D eigenvalue weighted by Gasteiger charge is -2.40. The smallest absolute Gasteiger partial charge is 0.358 e. The number of hydrogen-bond acceptors (Lipinski definition) is 4. The van der Waals surface area contributed by atoms with E-state index in [1.54, 1.807) is 24.4 Å². The molecular formula is C20H19F3N5O2+. The number of aromatic nitrogens is 2. The fraction of sp³-hybridized carbons (Fsp3) is 0.250. The average molecular weight is 418 g/mol. The van der Waals surface area contributed by atoms with E-state index in [9.17, 15) is 18.0 Å². The van der Waals surface area contributed by atoms with Crippen LogP contribution in [0.3, 0.4) is 0 Å². The second-order valence-electron chi connectivity index (χ2n) is 7.20. The van der Waals surface area contributed by atoms with E-state index in [2.05, 4.69) is 20.8 Å². The largest absolute Gasteiger partial charge is 0.401 e. The lowest BCUT2D eigenvalue weighted by molar-refractivity contribution is -0.359. The molecule has 1 fully saturated rings. The Morgan fingerprint density at radius 1 is 1.10 bits per heavy atom. The van der Waals surface area contributed by atoms with Gasteiger partial charge < -0.3 is 9.84 Å². The highest BCUT2D eigenvalue weighted by Crippen LogP contribution is 2.54. The fourth-order valence-corrected chi connectivity index (χ4v) is 3.40. The minimum atomic E-state index is -4.42. The number of aromatic amines is 1. The van der Waals surface area contributed by atoms with Crippen LogP contribution in [0.1, 0.15) is 25.0 Å². The normalized spacial score (nSPS) is 15.3. The molecule has 0 aliphatic heterocycles. The molecule has 156 valence electrons.